The maximum absolute atomic E-state index is 11.9. The van der Waals surface area contributed by atoms with Crippen molar-refractivity contribution < 1.29 is 4.79 Å². The van der Waals surface area contributed by atoms with E-state index >= 15 is 0 Å². The van der Waals surface area contributed by atoms with E-state index in [-0.39, 0.29) is 11.9 Å². The van der Waals surface area contributed by atoms with Gasteiger partial charge in [-0.05, 0) is 53.4 Å². The highest BCUT2D eigenvalue weighted by molar-refractivity contribution is 7.07. The van der Waals surface area contributed by atoms with Gasteiger partial charge in [0.05, 0.1) is 6.42 Å². The summed E-state index contributed by atoms with van der Waals surface area (Å²) in [7, 11) is 0. The molecule has 0 bridgehead atoms. The van der Waals surface area contributed by atoms with E-state index in [1.165, 1.54) is 5.56 Å². The third-order valence-corrected chi connectivity index (χ3v) is 3.61. The van der Waals surface area contributed by atoms with Crippen LogP contribution in [0.1, 0.15) is 18.1 Å². The molecule has 19 heavy (non-hydrogen) atoms. The molecule has 2 aromatic rings. The minimum atomic E-state index is 0.0486. The van der Waals surface area contributed by atoms with Crippen molar-refractivity contribution in [2.24, 2.45) is 0 Å². The number of carbonyl (C=O) groups excluding carboxylic acids is 1. The molecule has 1 aromatic carbocycles. The average Bonchev–Trinajstić information content (AvgIpc) is 2.84. The molecule has 0 aliphatic rings. The Bertz CT molecular complexity index is 520. The third kappa shape index (κ3) is 4.41. The van der Waals surface area contributed by atoms with E-state index in [2.05, 4.69) is 22.1 Å². The van der Waals surface area contributed by atoms with Crippen LogP contribution in [0.25, 0.3) is 0 Å². The van der Waals surface area contributed by atoms with Gasteiger partial charge in [0.2, 0.25) is 5.91 Å². The van der Waals surface area contributed by atoms with Gasteiger partial charge in [0.15, 0.2) is 0 Å². The molecule has 4 heteroatoms. The summed E-state index contributed by atoms with van der Waals surface area (Å²) in [5.74, 6) is 0.0486. The van der Waals surface area contributed by atoms with Gasteiger partial charge in [0.25, 0.3) is 0 Å². The monoisotopic (exact) mass is 274 g/mol. The van der Waals surface area contributed by atoms with Gasteiger partial charge in [-0.3, -0.25) is 4.79 Å². The van der Waals surface area contributed by atoms with Crippen molar-refractivity contribution in [1.82, 2.24) is 5.32 Å². The molecule has 100 valence electrons. The zero-order valence-corrected chi connectivity index (χ0v) is 11.7. The second kappa shape index (κ2) is 6.38. The number of hydrogen-bond acceptors (Lipinski definition) is 3. The first-order valence-corrected chi connectivity index (χ1v) is 7.22. The molecule has 1 atom stereocenters. The van der Waals surface area contributed by atoms with Gasteiger partial charge in [-0.1, -0.05) is 12.1 Å². The molecular formula is C15H18N2OS. The van der Waals surface area contributed by atoms with Crippen molar-refractivity contribution in [3.05, 3.63) is 52.2 Å². The van der Waals surface area contributed by atoms with Gasteiger partial charge < -0.3 is 11.1 Å². The summed E-state index contributed by atoms with van der Waals surface area (Å²) in [5.41, 5.74) is 8.58. The van der Waals surface area contributed by atoms with Gasteiger partial charge in [0.1, 0.15) is 0 Å². The van der Waals surface area contributed by atoms with Gasteiger partial charge in [0, 0.05) is 11.7 Å². The molecule has 0 aliphatic carbocycles. The van der Waals surface area contributed by atoms with Crippen molar-refractivity contribution in [2.75, 3.05) is 5.73 Å². The van der Waals surface area contributed by atoms with Crippen LogP contribution in [-0.2, 0) is 17.6 Å². The normalized spacial score (nSPS) is 12.1. The Labute approximate surface area is 117 Å². The molecule has 0 spiro atoms. The molecule has 1 unspecified atom stereocenters. The fourth-order valence-corrected chi connectivity index (χ4v) is 2.64. The lowest BCUT2D eigenvalue weighted by molar-refractivity contribution is -0.121. The van der Waals surface area contributed by atoms with E-state index in [0.29, 0.717) is 6.42 Å². The maximum atomic E-state index is 11.9. The Hall–Kier alpha value is -1.81. The van der Waals surface area contributed by atoms with E-state index in [9.17, 15) is 4.79 Å². The van der Waals surface area contributed by atoms with Crippen LogP contribution in [-0.4, -0.2) is 11.9 Å². The number of nitrogens with one attached hydrogen (secondary N) is 1. The van der Waals surface area contributed by atoms with Crippen LogP contribution < -0.4 is 11.1 Å². The summed E-state index contributed by atoms with van der Waals surface area (Å²) >= 11 is 1.68. The fourth-order valence-electron chi connectivity index (χ4n) is 1.96. The smallest absolute Gasteiger partial charge is 0.224 e. The predicted octanol–water partition coefficient (Wildman–Crippen LogP) is 2.62. The second-order valence-corrected chi connectivity index (χ2v) is 5.50. The third-order valence-electron chi connectivity index (χ3n) is 2.87. The Balaban J connectivity index is 1.82. The van der Waals surface area contributed by atoms with Crippen LogP contribution >= 0.6 is 11.3 Å². The van der Waals surface area contributed by atoms with Crippen LogP contribution in [0.15, 0.2) is 41.1 Å². The van der Waals surface area contributed by atoms with E-state index < -0.39 is 0 Å². The molecule has 0 saturated carbocycles. The summed E-state index contributed by atoms with van der Waals surface area (Å²) in [5, 5.41) is 7.18. The van der Waals surface area contributed by atoms with Crippen LogP contribution in [0.5, 0.6) is 0 Å². The number of thiophene rings is 1. The van der Waals surface area contributed by atoms with Crippen molar-refractivity contribution in [1.29, 1.82) is 0 Å². The number of nitrogen functional groups attached to an aromatic ring is 1. The molecule has 1 amide bonds. The topological polar surface area (TPSA) is 55.1 Å². The van der Waals surface area contributed by atoms with E-state index in [4.69, 9.17) is 5.73 Å². The average molecular weight is 274 g/mol. The van der Waals surface area contributed by atoms with E-state index in [1.807, 2.05) is 31.2 Å². The van der Waals surface area contributed by atoms with E-state index in [0.717, 1.165) is 17.7 Å². The minimum absolute atomic E-state index is 0.0486. The number of carbonyl (C=O) groups is 1. The lowest BCUT2D eigenvalue weighted by Crippen LogP contribution is -2.35. The molecule has 3 N–H and O–H groups in total. The van der Waals surface area contributed by atoms with Crippen LogP contribution in [0.4, 0.5) is 5.69 Å². The highest BCUT2D eigenvalue weighted by Crippen LogP contribution is 2.09. The summed E-state index contributed by atoms with van der Waals surface area (Å²) < 4.78 is 0. The Morgan fingerprint density at radius 1 is 1.26 bits per heavy atom. The van der Waals surface area contributed by atoms with Gasteiger partial charge >= 0.3 is 0 Å². The van der Waals surface area contributed by atoms with Crippen molar-refractivity contribution in [3.63, 3.8) is 0 Å². The first kappa shape index (κ1) is 13.6. The Kier molecular flexibility index (Phi) is 4.58. The molecule has 0 saturated heterocycles. The van der Waals surface area contributed by atoms with Gasteiger partial charge in [-0.25, -0.2) is 0 Å². The molecule has 3 nitrogen and oxygen atoms in total. The van der Waals surface area contributed by atoms with Crippen LogP contribution in [0, 0.1) is 0 Å². The standard InChI is InChI=1S/C15H18N2OS/c1-11(8-13-6-7-19-10-13)17-15(18)9-12-2-4-14(16)5-3-12/h2-7,10-11H,8-9,16H2,1H3,(H,17,18). The maximum Gasteiger partial charge on any atom is 0.224 e. The molecule has 1 heterocycles. The Morgan fingerprint density at radius 2 is 2.00 bits per heavy atom. The lowest BCUT2D eigenvalue weighted by atomic mass is 10.1. The molecule has 0 radical (unpaired) electrons. The number of anilines is 1. The molecule has 0 fully saturated rings. The Morgan fingerprint density at radius 3 is 2.63 bits per heavy atom. The zero-order chi connectivity index (χ0) is 13.7. The predicted molar refractivity (Wildman–Crippen MR) is 80.2 cm³/mol. The molecular weight excluding hydrogens is 256 g/mol. The number of hydrogen-bond donors (Lipinski definition) is 2. The molecule has 0 aliphatic heterocycles. The van der Waals surface area contributed by atoms with Gasteiger partial charge in [-0.15, -0.1) is 0 Å². The first-order valence-electron chi connectivity index (χ1n) is 6.28. The summed E-state index contributed by atoms with van der Waals surface area (Å²) in [6, 6.07) is 9.65. The first-order chi connectivity index (χ1) is 9.13. The van der Waals surface area contributed by atoms with Gasteiger partial charge in [-0.2, -0.15) is 11.3 Å². The number of nitrogens with two attached hydrogens (primary N) is 1. The largest absolute Gasteiger partial charge is 0.399 e. The quantitative estimate of drug-likeness (QED) is 0.823. The number of amides is 1. The summed E-state index contributed by atoms with van der Waals surface area (Å²) in [6.45, 7) is 2.03. The van der Waals surface area contributed by atoms with Crippen molar-refractivity contribution >= 4 is 22.9 Å². The summed E-state index contributed by atoms with van der Waals surface area (Å²) in [4.78, 5) is 11.9. The van der Waals surface area contributed by atoms with E-state index in [1.54, 1.807) is 11.3 Å². The second-order valence-electron chi connectivity index (χ2n) is 4.72. The van der Waals surface area contributed by atoms with Crippen LogP contribution in [0.3, 0.4) is 0 Å². The minimum Gasteiger partial charge on any atom is -0.399 e. The highest BCUT2D eigenvalue weighted by Gasteiger charge is 2.09. The lowest BCUT2D eigenvalue weighted by Gasteiger charge is -2.13. The molecule has 1 aromatic heterocycles. The van der Waals surface area contributed by atoms with Crippen molar-refractivity contribution in [3.8, 4) is 0 Å². The summed E-state index contributed by atoms with van der Waals surface area (Å²) in [6.07, 6.45) is 1.27. The SMILES string of the molecule is CC(Cc1ccsc1)NC(=O)Cc1ccc(N)cc1. The van der Waals surface area contributed by atoms with Crippen LogP contribution in [0.2, 0.25) is 0 Å². The number of benzene rings is 1. The zero-order valence-electron chi connectivity index (χ0n) is 10.9. The molecule has 2 rings (SSSR count). The fraction of sp³-hybridized carbons (Fsp3) is 0.267. The number of rotatable bonds is 5. The van der Waals surface area contributed by atoms with Crippen molar-refractivity contribution in [2.45, 2.75) is 25.8 Å². The highest BCUT2D eigenvalue weighted by atomic mass is 32.1.